The zero-order chi connectivity index (χ0) is 17.3. The predicted octanol–water partition coefficient (Wildman–Crippen LogP) is 0.233. The van der Waals surface area contributed by atoms with Gasteiger partial charge in [0.25, 0.3) is 0 Å². The van der Waals surface area contributed by atoms with Crippen LogP contribution in [0.25, 0.3) is 0 Å². The van der Waals surface area contributed by atoms with E-state index in [0.717, 1.165) is 13.8 Å². The Labute approximate surface area is 124 Å². The molecule has 0 unspecified atom stereocenters. The highest BCUT2D eigenvalue weighted by Crippen LogP contribution is 2.24. The summed E-state index contributed by atoms with van der Waals surface area (Å²) in [6.07, 6.45) is 2.38. The molecule has 0 atom stereocenters. The maximum Gasteiger partial charge on any atom is 0.812 e. The molecule has 12 heteroatoms. The van der Waals surface area contributed by atoms with E-state index in [9.17, 15) is 23.7 Å². The van der Waals surface area contributed by atoms with Crippen molar-refractivity contribution in [2.24, 2.45) is 0 Å². The molecule has 0 aliphatic heterocycles. The molecule has 0 saturated heterocycles. The fourth-order valence-corrected chi connectivity index (χ4v) is 1.15. The largest absolute Gasteiger partial charge is 0.812 e. The molecule has 0 bridgehead atoms. The molecule has 0 spiro atoms. The van der Waals surface area contributed by atoms with Gasteiger partial charge in [0.1, 0.15) is 0 Å². The minimum atomic E-state index is -3.17. The van der Waals surface area contributed by atoms with E-state index in [1.54, 1.807) is 0 Å². The highest BCUT2D eigenvalue weighted by atomic mass is 31.1. The van der Waals surface area contributed by atoms with Crippen LogP contribution in [0.5, 0.6) is 0 Å². The van der Waals surface area contributed by atoms with E-state index in [0.29, 0.717) is 24.6 Å². The molecular weight excluding hydrogens is 323 g/mol. The van der Waals surface area contributed by atoms with Gasteiger partial charge in [0.2, 0.25) is 11.8 Å². The molecule has 0 rings (SSSR count). The zero-order valence-corrected chi connectivity index (χ0v) is 12.3. The van der Waals surface area contributed by atoms with Crippen LogP contribution in [0.3, 0.4) is 0 Å². The van der Waals surface area contributed by atoms with Crippen molar-refractivity contribution in [2.75, 3.05) is 0 Å². The Morgan fingerprint density at radius 2 is 1.18 bits per heavy atom. The van der Waals surface area contributed by atoms with Gasteiger partial charge in [-0.15, -0.1) is 0 Å². The first-order valence-corrected chi connectivity index (χ1v) is 6.48. The molecule has 120 valence electrons. The van der Waals surface area contributed by atoms with Gasteiger partial charge in [-0.1, -0.05) is 0 Å². The lowest BCUT2D eigenvalue weighted by atomic mass is 10.6. The summed E-state index contributed by atoms with van der Waals surface area (Å²) < 4.78 is 19.4. The fourth-order valence-electron chi connectivity index (χ4n) is 0.699. The van der Waals surface area contributed by atoms with E-state index < -0.39 is 32.0 Å². The maximum absolute atomic E-state index is 11.1. The van der Waals surface area contributed by atoms with E-state index >= 15 is 0 Å². The van der Waals surface area contributed by atoms with Gasteiger partial charge in [-0.3, -0.25) is 20.0 Å². The van der Waals surface area contributed by atoms with Crippen LogP contribution in [0.1, 0.15) is 13.8 Å². The van der Waals surface area contributed by atoms with Crippen LogP contribution in [-0.2, 0) is 32.8 Å². The molecule has 0 aromatic carbocycles. The summed E-state index contributed by atoms with van der Waals surface area (Å²) in [7, 11) is -3.17. The first-order valence-electron chi connectivity index (χ1n) is 5.38. The molecule has 0 heterocycles. The van der Waals surface area contributed by atoms with Crippen LogP contribution in [0.15, 0.2) is 24.6 Å². The van der Waals surface area contributed by atoms with Crippen LogP contribution >= 0.6 is 8.25 Å². The van der Waals surface area contributed by atoms with Crippen molar-refractivity contribution in [3.05, 3.63) is 24.6 Å². The van der Waals surface area contributed by atoms with E-state index in [1.807, 2.05) is 0 Å². The average Bonchev–Trinajstić information content (AvgIpc) is 2.41. The van der Waals surface area contributed by atoms with Crippen LogP contribution < -0.4 is 0 Å². The first kappa shape index (κ1) is 19.4. The second-order valence-corrected chi connectivity index (χ2v) is 4.22. The SMILES string of the molecule is CC(=O)N(O)C=CC(=O)O[P+](=O)OC(=O)C=CN(O)C(C)=O. The molecule has 0 fully saturated rings. The van der Waals surface area contributed by atoms with Crippen molar-refractivity contribution in [1.82, 2.24) is 10.1 Å². The molecule has 22 heavy (non-hydrogen) atoms. The molecule has 0 saturated carbocycles. The van der Waals surface area contributed by atoms with Gasteiger partial charge in [-0.05, 0) is 0 Å². The van der Waals surface area contributed by atoms with E-state index in [1.165, 1.54) is 0 Å². The zero-order valence-electron chi connectivity index (χ0n) is 11.4. The summed E-state index contributed by atoms with van der Waals surface area (Å²) in [5.41, 5.74) is 0. The second-order valence-electron chi connectivity index (χ2n) is 3.40. The Morgan fingerprint density at radius 1 is 0.864 bits per heavy atom. The van der Waals surface area contributed by atoms with Gasteiger partial charge in [-0.2, -0.15) is 19.2 Å². The van der Waals surface area contributed by atoms with Crippen LogP contribution in [0.2, 0.25) is 0 Å². The summed E-state index contributed by atoms with van der Waals surface area (Å²) in [4.78, 5) is 43.3. The van der Waals surface area contributed by atoms with E-state index in [4.69, 9.17) is 10.4 Å². The minimum absolute atomic E-state index is 0.0701. The molecule has 2 amide bonds. The first-order chi connectivity index (χ1) is 10.1. The Kier molecular flexibility index (Phi) is 8.23. The van der Waals surface area contributed by atoms with Gasteiger partial charge < -0.3 is 0 Å². The topological polar surface area (TPSA) is 151 Å². The molecule has 0 aliphatic rings. The minimum Gasteiger partial charge on any atom is -0.281 e. The Morgan fingerprint density at radius 3 is 1.45 bits per heavy atom. The van der Waals surface area contributed by atoms with Crippen LogP contribution in [-0.4, -0.2) is 44.3 Å². The van der Waals surface area contributed by atoms with Crippen molar-refractivity contribution < 1.29 is 43.2 Å². The number of nitrogens with zero attached hydrogens (tertiary/aromatic N) is 2. The molecule has 2 N–H and O–H groups in total. The number of rotatable bonds is 6. The van der Waals surface area contributed by atoms with Crippen molar-refractivity contribution in [3.8, 4) is 0 Å². The van der Waals surface area contributed by atoms with Crippen molar-refractivity contribution >= 4 is 32.0 Å². The number of carbonyl (C=O) groups excluding carboxylic acids is 4. The lowest BCUT2D eigenvalue weighted by molar-refractivity contribution is -0.152. The third-order valence-electron chi connectivity index (χ3n) is 1.68. The van der Waals surface area contributed by atoms with Gasteiger partial charge in [0, 0.05) is 43.0 Å². The predicted molar refractivity (Wildman–Crippen MR) is 66.7 cm³/mol. The van der Waals surface area contributed by atoms with Crippen molar-refractivity contribution in [1.29, 1.82) is 0 Å². The highest BCUT2D eigenvalue weighted by Gasteiger charge is 2.29. The average molecular weight is 335 g/mol. The van der Waals surface area contributed by atoms with Crippen LogP contribution in [0, 0.1) is 0 Å². The van der Waals surface area contributed by atoms with E-state index in [-0.39, 0.29) is 10.1 Å². The number of amides is 2. The summed E-state index contributed by atoms with van der Waals surface area (Å²) >= 11 is 0. The normalized spacial score (nSPS) is 11.2. The highest BCUT2D eigenvalue weighted by molar-refractivity contribution is 7.34. The molecule has 0 aromatic rings. The van der Waals surface area contributed by atoms with Crippen LogP contribution in [0.4, 0.5) is 0 Å². The Hall–Kier alpha value is -2.62. The quantitative estimate of drug-likeness (QED) is 0.301. The summed E-state index contributed by atoms with van der Waals surface area (Å²) in [5, 5.41) is 17.9. The lowest BCUT2D eigenvalue weighted by Crippen LogP contribution is -2.18. The second kappa shape index (κ2) is 9.34. The Balaban J connectivity index is 4.34. The van der Waals surface area contributed by atoms with Crippen molar-refractivity contribution in [3.63, 3.8) is 0 Å². The lowest BCUT2D eigenvalue weighted by Gasteiger charge is -2.03. The number of hydrogen-bond acceptors (Lipinski definition) is 9. The Bertz CT molecular complexity index is 497. The number of hydrogen-bond donors (Lipinski definition) is 2. The van der Waals surface area contributed by atoms with Gasteiger partial charge in [-0.25, -0.2) is 9.59 Å². The fraction of sp³-hybridized carbons (Fsp3) is 0.200. The third-order valence-corrected chi connectivity index (χ3v) is 2.34. The summed E-state index contributed by atoms with van der Waals surface area (Å²) in [6, 6.07) is 0. The van der Waals surface area contributed by atoms with Crippen molar-refractivity contribution in [2.45, 2.75) is 13.8 Å². The molecule has 0 radical (unpaired) electrons. The smallest absolute Gasteiger partial charge is 0.281 e. The van der Waals surface area contributed by atoms with Gasteiger partial charge >= 0.3 is 20.2 Å². The molecule has 11 nitrogen and oxygen atoms in total. The standard InChI is InChI=1S/C10H12N2O9P/c1-7(13)11(17)5-3-9(15)20-22(19)21-10(16)4-6-12(18)8(2)14/h3-6,17-18H,1-2H3/q+1. The molecule has 0 aliphatic carbocycles. The van der Waals surface area contributed by atoms with E-state index in [2.05, 4.69) is 9.05 Å². The maximum atomic E-state index is 11.1. The summed E-state index contributed by atoms with van der Waals surface area (Å²) in [6.45, 7) is 2.02. The molecular formula is C10H12N2O9P+. The molecule has 0 aromatic heterocycles. The summed E-state index contributed by atoms with van der Waals surface area (Å²) in [5.74, 6) is -4.09. The van der Waals surface area contributed by atoms with Gasteiger partial charge in [0.15, 0.2) is 0 Å². The van der Waals surface area contributed by atoms with Gasteiger partial charge in [0.05, 0.1) is 0 Å². The third kappa shape index (κ3) is 8.53. The monoisotopic (exact) mass is 335 g/mol. The number of carbonyl (C=O) groups is 4. The number of hydroxylamine groups is 4.